The molecule has 3 aromatic carbocycles. The number of sulfonamides is 1. The number of hydrogen-bond donors (Lipinski definition) is 2. The van der Waals surface area contributed by atoms with Gasteiger partial charge in [-0.1, -0.05) is 67.9 Å². The molecule has 0 saturated carbocycles. The lowest BCUT2D eigenvalue weighted by Gasteiger charge is -2.28. The van der Waals surface area contributed by atoms with Crippen LogP contribution in [0.15, 0.2) is 76.9 Å². The number of methoxy groups -OCH3 is 1. The summed E-state index contributed by atoms with van der Waals surface area (Å²) in [7, 11) is -2.55. The van der Waals surface area contributed by atoms with Crippen molar-refractivity contribution in [3.8, 4) is 11.4 Å². The second-order valence-electron chi connectivity index (χ2n) is 10.1. The number of hydrogen-bond acceptors (Lipinski definition) is 6. The zero-order valence-corrected chi connectivity index (χ0v) is 27.1. The van der Waals surface area contributed by atoms with E-state index in [4.69, 9.17) is 32.9 Å². The van der Waals surface area contributed by atoms with Gasteiger partial charge in [-0.2, -0.15) is 0 Å². The fraction of sp³-hybridized carbons (Fsp3) is 0.267. The molecule has 0 fully saturated rings. The summed E-state index contributed by atoms with van der Waals surface area (Å²) >= 11 is 14.2. The molecule has 13 heteroatoms. The van der Waals surface area contributed by atoms with Crippen LogP contribution in [0, 0.1) is 5.82 Å². The largest absolute Gasteiger partial charge is 0.495 e. The number of aromatic nitrogens is 2. The predicted octanol–water partition coefficient (Wildman–Crippen LogP) is 7.34. The molecule has 4 aromatic rings. The summed E-state index contributed by atoms with van der Waals surface area (Å²) < 4.78 is 48.6. The third-order valence-corrected chi connectivity index (χ3v) is 9.78. The van der Waals surface area contributed by atoms with Gasteiger partial charge in [0.25, 0.3) is 10.0 Å². The second kappa shape index (κ2) is 13.6. The van der Waals surface area contributed by atoms with Crippen molar-refractivity contribution in [3.63, 3.8) is 0 Å². The van der Waals surface area contributed by atoms with E-state index in [1.165, 1.54) is 36.0 Å². The number of nitrogens with zero attached hydrogens (tertiary/aromatic N) is 2. The number of carbonyl (C=O) groups excluding carboxylic acids is 1. The number of ether oxygens (including phenoxy) is 1. The van der Waals surface area contributed by atoms with E-state index in [9.17, 15) is 17.6 Å². The van der Waals surface area contributed by atoms with Gasteiger partial charge in [-0.25, -0.2) is 27.3 Å². The number of rotatable bonds is 11. The lowest BCUT2D eigenvalue weighted by molar-refractivity contribution is 0.246. The maximum atomic E-state index is 13.9. The SMILES string of the molecule is CCCNC(=O)NS(=O)(=O)c1ccc(CSc2ncc(C(C)(C)c3ccc(Cl)c(OC)c3)n2-c2ccc(F)cc2)c(Cl)c1. The van der Waals surface area contributed by atoms with Crippen molar-refractivity contribution in [2.24, 2.45) is 0 Å². The molecule has 2 amide bonds. The van der Waals surface area contributed by atoms with Gasteiger partial charge in [0.1, 0.15) is 11.6 Å². The second-order valence-corrected chi connectivity index (χ2v) is 13.6. The van der Waals surface area contributed by atoms with Crippen molar-refractivity contribution in [1.29, 1.82) is 0 Å². The normalized spacial score (nSPS) is 11.8. The smallest absolute Gasteiger partial charge is 0.328 e. The minimum Gasteiger partial charge on any atom is -0.495 e. The quantitative estimate of drug-likeness (QED) is 0.163. The van der Waals surface area contributed by atoms with E-state index < -0.39 is 21.5 Å². The van der Waals surface area contributed by atoms with Gasteiger partial charge in [0.2, 0.25) is 0 Å². The molecule has 0 aliphatic rings. The van der Waals surface area contributed by atoms with Gasteiger partial charge in [-0.05, 0) is 66.1 Å². The molecule has 1 aromatic heterocycles. The van der Waals surface area contributed by atoms with Crippen molar-refractivity contribution in [2.75, 3.05) is 13.7 Å². The Bertz CT molecular complexity index is 1730. The van der Waals surface area contributed by atoms with Crippen molar-refractivity contribution in [3.05, 3.63) is 99.5 Å². The lowest BCUT2D eigenvalue weighted by Crippen LogP contribution is -2.39. The van der Waals surface area contributed by atoms with E-state index in [2.05, 4.69) is 5.32 Å². The highest BCUT2D eigenvalue weighted by molar-refractivity contribution is 7.98. The summed E-state index contributed by atoms with van der Waals surface area (Å²) in [5.74, 6) is 0.545. The number of urea groups is 1. The van der Waals surface area contributed by atoms with Crippen LogP contribution < -0.4 is 14.8 Å². The average Bonchev–Trinajstić information content (AvgIpc) is 3.40. The summed E-state index contributed by atoms with van der Waals surface area (Å²) in [5, 5.41) is 3.81. The van der Waals surface area contributed by atoms with E-state index in [0.717, 1.165) is 11.3 Å². The minimum absolute atomic E-state index is 0.131. The zero-order chi connectivity index (χ0) is 31.4. The Kier molecular flexibility index (Phi) is 10.3. The molecular formula is C30H31Cl2FN4O4S2. The molecule has 0 bridgehead atoms. The van der Waals surface area contributed by atoms with Crippen LogP contribution in [0.2, 0.25) is 10.0 Å². The van der Waals surface area contributed by atoms with Crippen LogP contribution in [0.5, 0.6) is 5.75 Å². The van der Waals surface area contributed by atoms with Gasteiger partial charge in [0, 0.05) is 28.4 Å². The molecule has 228 valence electrons. The maximum Gasteiger partial charge on any atom is 0.328 e. The molecule has 43 heavy (non-hydrogen) atoms. The Hall–Kier alpha value is -3.25. The van der Waals surface area contributed by atoms with Crippen LogP contribution >= 0.6 is 35.0 Å². The van der Waals surface area contributed by atoms with Crippen LogP contribution in [0.25, 0.3) is 5.69 Å². The Morgan fingerprint density at radius 2 is 1.79 bits per heavy atom. The molecular weight excluding hydrogens is 634 g/mol. The van der Waals surface area contributed by atoms with Gasteiger partial charge < -0.3 is 10.1 Å². The first-order valence-electron chi connectivity index (χ1n) is 13.3. The van der Waals surface area contributed by atoms with Gasteiger partial charge in [0.15, 0.2) is 5.16 Å². The van der Waals surface area contributed by atoms with Crippen LogP contribution in [0.4, 0.5) is 9.18 Å². The van der Waals surface area contributed by atoms with Gasteiger partial charge >= 0.3 is 6.03 Å². The van der Waals surface area contributed by atoms with Gasteiger partial charge in [-0.3, -0.25) is 4.57 Å². The molecule has 4 rings (SSSR count). The monoisotopic (exact) mass is 664 g/mol. The summed E-state index contributed by atoms with van der Waals surface area (Å²) in [6.45, 7) is 6.30. The molecule has 0 atom stereocenters. The number of imidazole rings is 1. The first-order valence-corrected chi connectivity index (χ1v) is 16.5. The topological polar surface area (TPSA) is 102 Å². The van der Waals surface area contributed by atoms with Crippen LogP contribution in [-0.4, -0.2) is 37.7 Å². The number of thioether (sulfide) groups is 1. The van der Waals surface area contributed by atoms with Crippen molar-refractivity contribution in [2.45, 2.75) is 48.4 Å². The first kappa shape index (κ1) is 32.7. The molecule has 2 N–H and O–H groups in total. The van der Waals surface area contributed by atoms with E-state index in [1.54, 1.807) is 37.6 Å². The van der Waals surface area contributed by atoms with E-state index in [0.29, 0.717) is 45.9 Å². The third-order valence-electron chi connectivity index (χ3n) is 6.78. The van der Waals surface area contributed by atoms with Crippen LogP contribution in [0.1, 0.15) is 44.0 Å². The number of amides is 2. The predicted molar refractivity (Wildman–Crippen MR) is 169 cm³/mol. The van der Waals surface area contributed by atoms with Crippen LogP contribution in [-0.2, 0) is 21.2 Å². The Labute approximate surface area is 265 Å². The molecule has 0 saturated heterocycles. The highest BCUT2D eigenvalue weighted by atomic mass is 35.5. The van der Waals surface area contributed by atoms with Crippen molar-refractivity contribution >= 4 is 51.0 Å². The molecule has 1 heterocycles. The number of benzene rings is 3. The van der Waals surface area contributed by atoms with Gasteiger partial charge in [0.05, 0.1) is 28.9 Å². The highest BCUT2D eigenvalue weighted by Gasteiger charge is 2.30. The van der Waals surface area contributed by atoms with E-state index >= 15 is 0 Å². The molecule has 0 unspecified atom stereocenters. The number of carbonyl (C=O) groups is 1. The van der Waals surface area contributed by atoms with Crippen LogP contribution in [0.3, 0.4) is 0 Å². The fourth-order valence-corrected chi connectivity index (χ4v) is 6.86. The summed E-state index contributed by atoms with van der Waals surface area (Å²) in [6, 6.07) is 15.2. The standard InChI is InChI=1S/C30H31Cl2FN4O4S2/c1-5-14-34-28(38)36-43(39,40)23-12-6-19(25(32)16-23)18-42-29-35-17-27(37(29)22-10-8-21(33)9-11-22)30(2,3)20-7-13-24(31)26(15-20)41-4/h6-13,15-17H,5,14,18H2,1-4H3,(H2,34,36,38). The molecule has 0 spiro atoms. The number of nitrogens with one attached hydrogen (secondary N) is 2. The van der Waals surface area contributed by atoms with Crippen molar-refractivity contribution < 1.29 is 22.3 Å². The Morgan fingerprint density at radius 3 is 2.44 bits per heavy atom. The third kappa shape index (κ3) is 7.46. The fourth-order valence-electron chi connectivity index (χ4n) is 4.32. The first-order chi connectivity index (χ1) is 20.4. The summed E-state index contributed by atoms with van der Waals surface area (Å²) in [6.07, 6.45) is 2.44. The summed E-state index contributed by atoms with van der Waals surface area (Å²) in [5.41, 5.74) is 2.59. The molecule has 0 aliphatic heterocycles. The van der Waals surface area contributed by atoms with E-state index in [-0.39, 0.29) is 15.7 Å². The van der Waals surface area contributed by atoms with Crippen molar-refractivity contribution in [1.82, 2.24) is 19.6 Å². The molecule has 0 aliphatic carbocycles. The molecule has 8 nitrogen and oxygen atoms in total. The zero-order valence-electron chi connectivity index (χ0n) is 23.9. The average molecular weight is 666 g/mol. The minimum atomic E-state index is -4.11. The van der Waals surface area contributed by atoms with Gasteiger partial charge in [-0.15, -0.1) is 0 Å². The molecule has 0 radical (unpaired) electrons. The Balaban J connectivity index is 1.65. The number of halogens is 3. The van der Waals surface area contributed by atoms with E-state index in [1.807, 2.05) is 42.2 Å². The Morgan fingerprint density at radius 1 is 1.07 bits per heavy atom. The summed E-state index contributed by atoms with van der Waals surface area (Å²) in [4.78, 5) is 16.5. The lowest BCUT2D eigenvalue weighted by atomic mass is 9.81. The highest BCUT2D eigenvalue weighted by Crippen LogP contribution is 2.39. The maximum absolute atomic E-state index is 13.9.